The summed E-state index contributed by atoms with van der Waals surface area (Å²) in [5.41, 5.74) is 2.93. The van der Waals surface area contributed by atoms with E-state index in [9.17, 15) is 0 Å². The van der Waals surface area contributed by atoms with Gasteiger partial charge in [-0.05, 0) is 31.2 Å². The van der Waals surface area contributed by atoms with Gasteiger partial charge in [0, 0.05) is 12.4 Å². The van der Waals surface area contributed by atoms with Crippen LogP contribution in [-0.2, 0) is 0 Å². The van der Waals surface area contributed by atoms with Gasteiger partial charge in [-0.3, -0.25) is 4.57 Å². The number of anilines is 1. The number of imidazole rings is 2. The Labute approximate surface area is 153 Å². The highest BCUT2D eigenvalue weighted by Crippen LogP contribution is 2.26. The lowest BCUT2D eigenvalue weighted by molar-refractivity contribution is 0.759. The van der Waals surface area contributed by atoms with Crippen LogP contribution in [0.5, 0.6) is 0 Å². The lowest BCUT2D eigenvalue weighted by Crippen LogP contribution is -2.15. The summed E-state index contributed by atoms with van der Waals surface area (Å²) in [6.45, 7) is 2.02. The molecule has 1 atom stereocenters. The summed E-state index contributed by atoms with van der Waals surface area (Å²) in [6.07, 6.45) is 6.60. The maximum absolute atomic E-state index is 4.78. The number of hydrogen-bond acceptors (Lipinski definition) is 7. The smallest absolute Gasteiger partial charge is 0.182 e. The van der Waals surface area contributed by atoms with Gasteiger partial charge in [-0.1, -0.05) is 6.07 Å². The third-order valence-electron chi connectivity index (χ3n) is 4.28. The van der Waals surface area contributed by atoms with E-state index in [0.29, 0.717) is 11.5 Å². The van der Waals surface area contributed by atoms with Crippen molar-refractivity contribution in [3.8, 4) is 5.82 Å². The van der Waals surface area contributed by atoms with E-state index in [1.807, 2.05) is 41.8 Å². The molecular formula is C18H15N9. The maximum atomic E-state index is 4.78. The fraction of sp³-hybridized carbons (Fsp3) is 0.111. The molecule has 0 amide bonds. The molecule has 5 rings (SSSR count). The number of nitrogens with one attached hydrogen (secondary N) is 2. The first kappa shape index (κ1) is 15.4. The lowest BCUT2D eigenvalue weighted by Gasteiger charge is -2.16. The number of fused-ring (bicyclic) bond motifs is 2. The minimum Gasteiger partial charge on any atom is -0.358 e. The number of aromatic nitrogens is 8. The molecule has 5 heterocycles. The standard InChI is InChI=1S/C18H15N9/c1-11(25-16-14-15(22-9-21-14)23-10-24-16)17-26-12-5-4-8-20-18(12)27(17)13-6-2-3-7-19-13/h2-11H,1H3,(H2,21,22,23,24,25). The van der Waals surface area contributed by atoms with Crippen LogP contribution in [0, 0.1) is 0 Å². The molecule has 27 heavy (non-hydrogen) atoms. The van der Waals surface area contributed by atoms with E-state index in [2.05, 4.69) is 35.2 Å². The molecule has 0 aromatic carbocycles. The molecule has 0 saturated heterocycles. The first-order chi connectivity index (χ1) is 13.3. The van der Waals surface area contributed by atoms with Crippen molar-refractivity contribution in [2.45, 2.75) is 13.0 Å². The Bertz CT molecular complexity index is 1230. The number of hydrogen-bond donors (Lipinski definition) is 2. The first-order valence-corrected chi connectivity index (χ1v) is 8.46. The fourth-order valence-corrected chi connectivity index (χ4v) is 3.08. The Morgan fingerprint density at radius 2 is 1.93 bits per heavy atom. The number of nitrogens with zero attached hydrogens (tertiary/aromatic N) is 7. The second-order valence-corrected chi connectivity index (χ2v) is 6.03. The summed E-state index contributed by atoms with van der Waals surface area (Å²) < 4.78 is 1.96. The molecule has 9 nitrogen and oxygen atoms in total. The third-order valence-corrected chi connectivity index (χ3v) is 4.28. The zero-order valence-corrected chi connectivity index (χ0v) is 14.4. The molecule has 132 valence electrons. The molecule has 0 saturated carbocycles. The molecule has 2 N–H and O–H groups in total. The predicted molar refractivity (Wildman–Crippen MR) is 100 cm³/mol. The number of H-pyrrole nitrogens is 1. The van der Waals surface area contributed by atoms with E-state index in [1.165, 1.54) is 6.33 Å². The molecule has 0 radical (unpaired) electrons. The van der Waals surface area contributed by atoms with Crippen molar-refractivity contribution < 1.29 is 0 Å². The summed E-state index contributed by atoms with van der Waals surface area (Å²) in [7, 11) is 0. The highest BCUT2D eigenvalue weighted by molar-refractivity contribution is 5.82. The minimum atomic E-state index is -0.164. The van der Waals surface area contributed by atoms with Crippen LogP contribution >= 0.6 is 0 Å². The van der Waals surface area contributed by atoms with Gasteiger partial charge in [0.15, 0.2) is 17.1 Å². The Hall–Kier alpha value is -3.88. The molecular weight excluding hydrogens is 342 g/mol. The normalized spacial score (nSPS) is 12.5. The van der Waals surface area contributed by atoms with Crippen molar-refractivity contribution in [3.05, 3.63) is 61.2 Å². The van der Waals surface area contributed by atoms with Crippen LogP contribution < -0.4 is 5.32 Å². The third kappa shape index (κ3) is 2.56. The number of rotatable bonds is 4. The molecule has 0 aliphatic heterocycles. The average Bonchev–Trinajstić information content (AvgIpc) is 3.34. The van der Waals surface area contributed by atoms with Gasteiger partial charge in [-0.2, -0.15) is 0 Å². The van der Waals surface area contributed by atoms with Crippen LogP contribution in [0.3, 0.4) is 0 Å². The van der Waals surface area contributed by atoms with E-state index in [0.717, 1.165) is 28.3 Å². The van der Waals surface area contributed by atoms with Crippen molar-refractivity contribution >= 4 is 28.1 Å². The maximum Gasteiger partial charge on any atom is 0.182 e. The molecule has 1 unspecified atom stereocenters. The van der Waals surface area contributed by atoms with E-state index < -0.39 is 0 Å². The summed E-state index contributed by atoms with van der Waals surface area (Å²) in [4.78, 5) is 29.5. The van der Waals surface area contributed by atoms with E-state index in [1.54, 1.807) is 18.7 Å². The summed E-state index contributed by atoms with van der Waals surface area (Å²) in [6, 6.07) is 9.41. The van der Waals surface area contributed by atoms with Gasteiger partial charge >= 0.3 is 0 Å². The zero-order valence-electron chi connectivity index (χ0n) is 14.4. The Morgan fingerprint density at radius 3 is 2.81 bits per heavy atom. The monoisotopic (exact) mass is 357 g/mol. The molecule has 0 fully saturated rings. The quantitative estimate of drug-likeness (QED) is 0.509. The average molecular weight is 357 g/mol. The van der Waals surface area contributed by atoms with Crippen LogP contribution in [0.4, 0.5) is 5.82 Å². The lowest BCUT2D eigenvalue weighted by atomic mass is 10.3. The highest BCUT2D eigenvalue weighted by atomic mass is 15.2. The SMILES string of the molecule is CC(Nc1ncnc2nc[nH]c12)c1nc2cccnc2n1-c1ccccn1. The molecule has 0 aliphatic carbocycles. The molecule has 0 aliphatic rings. The van der Waals surface area contributed by atoms with Crippen LogP contribution in [0.25, 0.3) is 28.1 Å². The van der Waals surface area contributed by atoms with Gasteiger partial charge in [0.2, 0.25) is 0 Å². The van der Waals surface area contributed by atoms with Crippen molar-refractivity contribution in [3.63, 3.8) is 0 Å². The molecule has 9 heteroatoms. The van der Waals surface area contributed by atoms with Crippen molar-refractivity contribution in [2.75, 3.05) is 5.32 Å². The van der Waals surface area contributed by atoms with Crippen molar-refractivity contribution in [1.29, 1.82) is 0 Å². The van der Waals surface area contributed by atoms with Gasteiger partial charge in [-0.15, -0.1) is 0 Å². The van der Waals surface area contributed by atoms with Crippen molar-refractivity contribution in [2.24, 2.45) is 0 Å². The summed E-state index contributed by atoms with van der Waals surface area (Å²) in [5, 5.41) is 3.40. The van der Waals surface area contributed by atoms with Gasteiger partial charge < -0.3 is 10.3 Å². The molecule has 5 aromatic rings. The largest absolute Gasteiger partial charge is 0.358 e. The second-order valence-electron chi connectivity index (χ2n) is 6.03. The van der Waals surface area contributed by atoms with Gasteiger partial charge in [0.05, 0.1) is 12.4 Å². The predicted octanol–water partition coefficient (Wildman–Crippen LogP) is 2.65. The Morgan fingerprint density at radius 1 is 1.00 bits per heavy atom. The summed E-state index contributed by atoms with van der Waals surface area (Å²) in [5.74, 6) is 2.21. The topological polar surface area (TPSA) is 110 Å². The van der Waals surface area contributed by atoms with E-state index in [4.69, 9.17) is 4.98 Å². The van der Waals surface area contributed by atoms with Gasteiger partial charge in [-0.25, -0.2) is 29.9 Å². The Balaban J connectivity index is 1.63. The molecule has 5 aromatic heterocycles. The molecule has 0 bridgehead atoms. The Kier molecular flexibility index (Phi) is 3.49. The van der Waals surface area contributed by atoms with E-state index >= 15 is 0 Å². The second kappa shape index (κ2) is 6.13. The number of pyridine rings is 2. The highest BCUT2D eigenvalue weighted by Gasteiger charge is 2.20. The fourth-order valence-electron chi connectivity index (χ4n) is 3.08. The van der Waals surface area contributed by atoms with Crippen LogP contribution in [0.15, 0.2) is 55.4 Å². The van der Waals surface area contributed by atoms with Crippen LogP contribution in [-0.4, -0.2) is 39.5 Å². The minimum absolute atomic E-state index is 0.164. The van der Waals surface area contributed by atoms with Crippen LogP contribution in [0.1, 0.15) is 18.8 Å². The van der Waals surface area contributed by atoms with Gasteiger partial charge in [0.1, 0.15) is 29.0 Å². The van der Waals surface area contributed by atoms with Crippen molar-refractivity contribution in [1.82, 2.24) is 39.5 Å². The number of aromatic amines is 1. The zero-order chi connectivity index (χ0) is 18.2. The van der Waals surface area contributed by atoms with E-state index in [-0.39, 0.29) is 6.04 Å². The first-order valence-electron chi connectivity index (χ1n) is 8.46. The molecule has 0 spiro atoms. The summed E-state index contributed by atoms with van der Waals surface area (Å²) >= 11 is 0. The van der Waals surface area contributed by atoms with Crippen LogP contribution in [0.2, 0.25) is 0 Å². The van der Waals surface area contributed by atoms with Gasteiger partial charge in [0.25, 0.3) is 0 Å².